The van der Waals surface area contributed by atoms with E-state index in [1.807, 2.05) is 39.0 Å². The predicted octanol–water partition coefficient (Wildman–Crippen LogP) is 3.81. The van der Waals surface area contributed by atoms with Crippen LogP contribution in [0.2, 0.25) is 0 Å². The van der Waals surface area contributed by atoms with Crippen molar-refractivity contribution >= 4 is 22.5 Å². The van der Waals surface area contributed by atoms with Crippen molar-refractivity contribution in [1.82, 2.24) is 9.97 Å². The maximum absolute atomic E-state index is 12.3. The lowest BCUT2D eigenvalue weighted by Crippen LogP contribution is -2.15. The van der Waals surface area contributed by atoms with Gasteiger partial charge in [-0.15, -0.1) is 0 Å². The minimum atomic E-state index is -0.138. The van der Waals surface area contributed by atoms with Crippen LogP contribution in [-0.2, 0) is 11.2 Å². The summed E-state index contributed by atoms with van der Waals surface area (Å²) in [6.45, 7) is 6.04. The van der Waals surface area contributed by atoms with Crippen molar-refractivity contribution in [2.45, 2.75) is 40.0 Å². The number of para-hydroxylation sites is 1. The number of carbonyl (C=O) groups is 1. The molecule has 0 saturated carbocycles. The number of aromatic amines is 1. The molecule has 5 heteroatoms. The molecule has 0 radical (unpaired) electrons. The van der Waals surface area contributed by atoms with E-state index in [4.69, 9.17) is 0 Å². The van der Waals surface area contributed by atoms with Crippen LogP contribution in [0.1, 0.15) is 35.4 Å². The molecular formula is C21H23N3O2. The van der Waals surface area contributed by atoms with Crippen LogP contribution >= 0.6 is 0 Å². The first-order chi connectivity index (χ1) is 12.4. The smallest absolute Gasteiger partial charge is 0.258 e. The highest BCUT2D eigenvalue weighted by Crippen LogP contribution is 2.22. The first-order valence-electron chi connectivity index (χ1n) is 8.79. The Hall–Kier alpha value is -2.95. The topological polar surface area (TPSA) is 74.8 Å². The van der Waals surface area contributed by atoms with Gasteiger partial charge in [0.1, 0.15) is 5.82 Å². The number of nitrogens with zero attached hydrogens (tertiary/aromatic N) is 1. The van der Waals surface area contributed by atoms with Gasteiger partial charge in [0.25, 0.3) is 5.56 Å². The van der Waals surface area contributed by atoms with Crippen molar-refractivity contribution in [3.63, 3.8) is 0 Å². The Morgan fingerprint density at radius 2 is 1.81 bits per heavy atom. The maximum atomic E-state index is 12.3. The average Bonchev–Trinajstić information content (AvgIpc) is 2.58. The quantitative estimate of drug-likeness (QED) is 0.735. The zero-order valence-corrected chi connectivity index (χ0v) is 15.3. The van der Waals surface area contributed by atoms with Gasteiger partial charge in [0.05, 0.1) is 10.9 Å². The first-order valence-corrected chi connectivity index (χ1v) is 8.79. The molecular weight excluding hydrogens is 326 g/mol. The van der Waals surface area contributed by atoms with Crippen molar-refractivity contribution in [3.8, 4) is 0 Å². The molecule has 0 bridgehead atoms. The molecule has 0 unspecified atom stereocenters. The number of aryl methyl sites for hydroxylation is 4. The minimum absolute atomic E-state index is 0.0248. The van der Waals surface area contributed by atoms with Gasteiger partial charge in [0.2, 0.25) is 5.91 Å². The number of fused-ring (bicyclic) bond motifs is 1. The van der Waals surface area contributed by atoms with Gasteiger partial charge in [-0.25, -0.2) is 4.98 Å². The highest BCUT2D eigenvalue weighted by molar-refractivity contribution is 5.92. The van der Waals surface area contributed by atoms with Crippen molar-refractivity contribution in [2.75, 3.05) is 5.32 Å². The third-order valence-corrected chi connectivity index (χ3v) is 4.42. The summed E-state index contributed by atoms with van der Waals surface area (Å²) in [6, 6.07) is 11.4. The monoisotopic (exact) mass is 349 g/mol. The normalized spacial score (nSPS) is 10.9. The highest BCUT2D eigenvalue weighted by Gasteiger charge is 2.09. The molecule has 3 rings (SSSR count). The molecule has 3 aromatic rings. The van der Waals surface area contributed by atoms with E-state index < -0.39 is 0 Å². The Kier molecular flexibility index (Phi) is 5.16. The fraction of sp³-hybridized carbons (Fsp3) is 0.286. The number of amides is 1. The zero-order chi connectivity index (χ0) is 18.7. The molecule has 1 amide bonds. The predicted molar refractivity (Wildman–Crippen MR) is 105 cm³/mol. The van der Waals surface area contributed by atoms with Gasteiger partial charge in [0.15, 0.2) is 0 Å². The Morgan fingerprint density at radius 3 is 2.54 bits per heavy atom. The Morgan fingerprint density at radius 1 is 1.12 bits per heavy atom. The number of nitrogens with one attached hydrogen (secondary N) is 2. The molecule has 0 aliphatic rings. The zero-order valence-electron chi connectivity index (χ0n) is 15.3. The molecule has 0 aliphatic heterocycles. The number of anilines is 1. The van der Waals surface area contributed by atoms with Gasteiger partial charge >= 0.3 is 0 Å². The molecule has 1 aromatic heterocycles. The second-order valence-corrected chi connectivity index (χ2v) is 6.71. The molecule has 0 spiro atoms. The van der Waals surface area contributed by atoms with E-state index in [1.54, 1.807) is 6.07 Å². The largest absolute Gasteiger partial charge is 0.326 e. The summed E-state index contributed by atoms with van der Waals surface area (Å²) in [7, 11) is 0. The number of H-pyrrole nitrogens is 1. The van der Waals surface area contributed by atoms with Gasteiger partial charge < -0.3 is 10.3 Å². The number of benzene rings is 2. The molecule has 134 valence electrons. The number of carbonyl (C=O) groups excluding carboxylic acids is 1. The van der Waals surface area contributed by atoms with E-state index in [2.05, 4.69) is 27.4 Å². The third kappa shape index (κ3) is 3.99. The average molecular weight is 349 g/mol. The SMILES string of the molecule is Cc1cc(C)c(NC(=O)CCCc2nc3ccccc3c(=O)[nH]2)c(C)c1. The Balaban J connectivity index is 1.62. The second kappa shape index (κ2) is 7.52. The summed E-state index contributed by atoms with van der Waals surface area (Å²) < 4.78 is 0. The molecule has 26 heavy (non-hydrogen) atoms. The van der Waals surface area contributed by atoms with Crippen LogP contribution in [0.3, 0.4) is 0 Å². The van der Waals surface area contributed by atoms with Gasteiger partial charge in [-0.3, -0.25) is 9.59 Å². The summed E-state index contributed by atoms with van der Waals surface area (Å²) in [5.74, 6) is 0.590. The minimum Gasteiger partial charge on any atom is -0.326 e. The molecule has 1 heterocycles. The lowest BCUT2D eigenvalue weighted by molar-refractivity contribution is -0.116. The van der Waals surface area contributed by atoms with Crippen molar-refractivity contribution in [3.05, 3.63) is 69.3 Å². The molecule has 0 fully saturated rings. The summed E-state index contributed by atoms with van der Waals surface area (Å²) in [6.07, 6.45) is 1.56. The van der Waals surface area contributed by atoms with Crippen molar-refractivity contribution in [1.29, 1.82) is 0 Å². The fourth-order valence-electron chi connectivity index (χ4n) is 3.25. The van der Waals surface area contributed by atoms with E-state index in [-0.39, 0.29) is 11.5 Å². The van der Waals surface area contributed by atoms with Crippen molar-refractivity contribution < 1.29 is 4.79 Å². The molecule has 0 saturated heterocycles. The lowest BCUT2D eigenvalue weighted by atomic mass is 10.0. The number of aromatic nitrogens is 2. The fourth-order valence-corrected chi connectivity index (χ4v) is 3.25. The van der Waals surface area contributed by atoms with E-state index in [0.29, 0.717) is 36.0 Å². The molecule has 2 N–H and O–H groups in total. The summed E-state index contributed by atoms with van der Waals surface area (Å²) in [5, 5.41) is 3.58. The van der Waals surface area contributed by atoms with Crippen LogP contribution in [0, 0.1) is 20.8 Å². The van der Waals surface area contributed by atoms with Crippen LogP contribution in [-0.4, -0.2) is 15.9 Å². The van der Waals surface area contributed by atoms with Crippen molar-refractivity contribution in [2.24, 2.45) is 0 Å². The molecule has 0 atom stereocenters. The highest BCUT2D eigenvalue weighted by atomic mass is 16.1. The van der Waals surface area contributed by atoms with Gasteiger partial charge in [-0.2, -0.15) is 0 Å². The van der Waals surface area contributed by atoms with E-state index in [1.165, 1.54) is 5.56 Å². The van der Waals surface area contributed by atoms with Crippen LogP contribution in [0.15, 0.2) is 41.2 Å². The summed E-state index contributed by atoms with van der Waals surface area (Å²) in [4.78, 5) is 31.6. The Labute approximate surface area is 152 Å². The Bertz CT molecular complexity index is 998. The molecule has 5 nitrogen and oxygen atoms in total. The summed E-state index contributed by atoms with van der Waals surface area (Å²) in [5.41, 5.74) is 4.75. The van der Waals surface area contributed by atoms with Crippen LogP contribution < -0.4 is 10.9 Å². The van der Waals surface area contributed by atoms with Gasteiger partial charge in [-0.05, 0) is 50.5 Å². The summed E-state index contributed by atoms with van der Waals surface area (Å²) >= 11 is 0. The lowest BCUT2D eigenvalue weighted by Gasteiger charge is -2.12. The van der Waals surface area contributed by atoms with Crippen LogP contribution in [0.4, 0.5) is 5.69 Å². The van der Waals surface area contributed by atoms with Gasteiger partial charge in [0, 0.05) is 18.5 Å². The molecule has 2 aromatic carbocycles. The van der Waals surface area contributed by atoms with E-state index in [0.717, 1.165) is 16.8 Å². The number of hydrogen-bond donors (Lipinski definition) is 2. The number of rotatable bonds is 5. The second-order valence-electron chi connectivity index (χ2n) is 6.71. The number of hydrogen-bond acceptors (Lipinski definition) is 3. The van der Waals surface area contributed by atoms with E-state index in [9.17, 15) is 9.59 Å². The maximum Gasteiger partial charge on any atom is 0.258 e. The van der Waals surface area contributed by atoms with Crippen LogP contribution in [0.25, 0.3) is 10.9 Å². The first kappa shape index (κ1) is 17.9. The van der Waals surface area contributed by atoms with E-state index >= 15 is 0 Å². The van der Waals surface area contributed by atoms with Gasteiger partial charge in [-0.1, -0.05) is 29.8 Å². The standard InChI is InChI=1S/C21H23N3O2/c1-13-11-14(2)20(15(3)12-13)24-19(25)10-6-9-18-22-17-8-5-4-7-16(17)21(26)23-18/h4-5,7-8,11-12H,6,9-10H2,1-3H3,(H,24,25)(H,22,23,26). The third-order valence-electron chi connectivity index (χ3n) is 4.42. The molecule has 0 aliphatic carbocycles. The van der Waals surface area contributed by atoms with Crippen LogP contribution in [0.5, 0.6) is 0 Å².